The van der Waals surface area contributed by atoms with Crippen LogP contribution in [0.3, 0.4) is 0 Å². The first-order chi connectivity index (χ1) is 8.31. The van der Waals surface area contributed by atoms with E-state index in [0.717, 1.165) is 6.26 Å². The van der Waals surface area contributed by atoms with E-state index in [0.29, 0.717) is 6.26 Å². The molecule has 0 heterocycles. The smallest absolute Gasteiger partial charge is 0.305 e. The number of rotatable bonds is 11. The van der Waals surface area contributed by atoms with Gasteiger partial charge in [0.05, 0.1) is 0 Å². The zero-order valence-corrected chi connectivity index (χ0v) is 8.90. The van der Waals surface area contributed by atoms with Crippen molar-refractivity contribution in [3.05, 3.63) is 12.5 Å². The molecule has 0 bridgehead atoms. The van der Waals surface area contributed by atoms with Crippen LogP contribution in [0.25, 0.3) is 0 Å². The quantitative estimate of drug-likeness (QED) is 0.185. The van der Waals surface area contributed by atoms with Crippen LogP contribution in [0.2, 0.25) is 0 Å². The van der Waals surface area contributed by atoms with E-state index in [4.69, 9.17) is 5.11 Å². The van der Waals surface area contributed by atoms with Gasteiger partial charge in [-0.15, -0.1) is 0 Å². The predicted octanol–water partition coefficient (Wildman–Crippen LogP) is 0.575. The molecule has 0 aliphatic carbocycles. The third-order valence-corrected chi connectivity index (χ3v) is 1.03. The molecule has 1 N–H and O–H groups in total. The zero-order chi connectivity index (χ0) is 12.8. The van der Waals surface area contributed by atoms with Crippen molar-refractivity contribution in [2.75, 3.05) is 13.2 Å². The summed E-state index contributed by atoms with van der Waals surface area (Å²) in [5.74, 6) is -0.364. The summed E-state index contributed by atoms with van der Waals surface area (Å²) < 4.78 is 4.62. The lowest BCUT2D eigenvalue weighted by Gasteiger charge is -2.02. The number of carbonyl (C=O) groups is 1. The van der Waals surface area contributed by atoms with Crippen LogP contribution in [0.15, 0.2) is 12.5 Å². The van der Waals surface area contributed by atoms with Crippen LogP contribution in [0.5, 0.6) is 0 Å². The van der Waals surface area contributed by atoms with Crippen molar-refractivity contribution < 1.29 is 49.6 Å². The second-order valence-corrected chi connectivity index (χ2v) is 2.12. The van der Waals surface area contributed by atoms with Gasteiger partial charge in [0.25, 0.3) is 0 Å². The fourth-order valence-corrected chi connectivity index (χ4v) is 0.443. The van der Waals surface area contributed by atoms with E-state index in [-0.39, 0.29) is 25.6 Å². The molecule has 10 nitrogen and oxygen atoms in total. The minimum Gasteiger partial charge on any atom is -0.512 e. The van der Waals surface area contributed by atoms with Crippen molar-refractivity contribution in [2.45, 2.75) is 13.3 Å². The summed E-state index contributed by atoms with van der Waals surface area (Å²) in [6.45, 7) is 1.58. The molecule has 10 heteroatoms. The Labute approximate surface area is 95.7 Å². The molecule has 0 aromatic rings. The van der Waals surface area contributed by atoms with Gasteiger partial charge in [0, 0.05) is 21.5 Å². The average molecular weight is 256 g/mol. The molecule has 0 saturated heterocycles. The monoisotopic (exact) mass is 256 g/mol. The number of hydrogen-bond donors (Lipinski definition) is 1. The van der Waals surface area contributed by atoms with Crippen LogP contribution in [0.1, 0.15) is 13.3 Å². The lowest BCUT2D eigenvalue weighted by molar-refractivity contribution is -0.786. The lowest BCUT2D eigenvalue weighted by Crippen LogP contribution is -2.10. The van der Waals surface area contributed by atoms with Gasteiger partial charge in [-0.2, -0.15) is 0 Å². The second-order valence-electron chi connectivity index (χ2n) is 2.12. The van der Waals surface area contributed by atoms with Crippen molar-refractivity contribution in [1.82, 2.24) is 0 Å². The number of esters is 1. The van der Waals surface area contributed by atoms with Gasteiger partial charge in [0.1, 0.15) is 19.5 Å². The van der Waals surface area contributed by atoms with E-state index in [2.05, 4.69) is 39.7 Å². The van der Waals surface area contributed by atoms with Crippen LogP contribution in [-0.2, 0) is 44.5 Å². The average Bonchev–Trinajstić information content (AvgIpc) is 2.35. The molecule has 0 fully saturated rings. The van der Waals surface area contributed by atoms with Crippen molar-refractivity contribution >= 4 is 5.97 Å². The Kier molecular flexibility index (Phi) is 11.6. The van der Waals surface area contributed by atoms with Crippen molar-refractivity contribution in [2.24, 2.45) is 0 Å². The highest BCUT2D eigenvalue weighted by atomic mass is 17.9. The Morgan fingerprint density at radius 1 is 1.12 bits per heavy atom. The maximum atomic E-state index is 10.6. The van der Waals surface area contributed by atoms with Gasteiger partial charge in [0.2, 0.25) is 0 Å². The van der Waals surface area contributed by atoms with Crippen LogP contribution < -0.4 is 0 Å². The van der Waals surface area contributed by atoms with E-state index < -0.39 is 0 Å². The number of ether oxygens (including phenoxy) is 1. The molecule has 0 rings (SSSR count). The Balaban J connectivity index is 3.01. The van der Waals surface area contributed by atoms with Crippen LogP contribution in [0.4, 0.5) is 0 Å². The first-order valence-corrected chi connectivity index (χ1v) is 4.37. The molecule has 17 heavy (non-hydrogen) atoms. The largest absolute Gasteiger partial charge is 0.512 e. The van der Waals surface area contributed by atoms with E-state index in [1.54, 1.807) is 6.92 Å². The number of aliphatic hydroxyl groups excluding tert-OH is 1. The SMILES string of the molecule is CCC(=O)OCCOOOOOOO/C=C/O. The molecule has 0 aliphatic heterocycles. The van der Waals surface area contributed by atoms with Crippen LogP contribution in [0, 0.1) is 0 Å². The van der Waals surface area contributed by atoms with Crippen molar-refractivity contribution in [3.8, 4) is 0 Å². The first kappa shape index (κ1) is 15.6. The molecule has 0 aromatic carbocycles. The summed E-state index contributed by atoms with van der Waals surface area (Å²) in [7, 11) is 0. The molecule has 0 saturated carbocycles. The summed E-state index contributed by atoms with van der Waals surface area (Å²) >= 11 is 0. The van der Waals surface area contributed by atoms with Crippen LogP contribution >= 0.6 is 0 Å². The summed E-state index contributed by atoms with van der Waals surface area (Å²) in [6, 6.07) is 0. The third kappa shape index (κ3) is 12.5. The van der Waals surface area contributed by atoms with Gasteiger partial charge in [0.15, 0.2) is 6.26 Å². The number of carbonyl (C=O) groups excluding carboxylic acids is 1. The Morgan fingerprint density at radius 3 is 2.53 bits per heavy atom. The van der Waals surface area contributed by atoms with Gasteiger partial charge in [-0.25, -0.2) is 4.89 Å². The van der Waals surface area contributed by atoms with E-state index >= 15 is 0 Å². The van der Waals surface area contributed by atoms with E-state index in [1.807, 2.05) is 0 Å². The highest BCUT2D eigenvalue weighted by molar-refractivity contribution is 5.68. The van der Waals surface area contributed by atoms with E-state index in [9.17, 15) is 4.79 Å². The molecular weight excluding hydrogens is 244 g/mol. The molecule has 0 amide bonds. The fraction of sp³-hybridized carbons (Fsp3) is 0.571. The van der Waals surface area contributed by atoms with Gasteiger partial charge < -0.3 is 14.7 Å². The van der Waals surface area contributed by atoms with Gasteiger partial charge >= 0.3 is 5.97 Å². The number of hydrogen-bond acceptors (Lipinski definition) is 10. The first-order valence-electron chi connectivity index (χ1n) is 4.37. The maximum absolute atomic E-state index is 10.6. The predicted molar refractivity (Wildman–Crippen MR) is 45.5 cm³/mol. The molecule has 0 spiro atoms. The topological polar surface area (TPSA) is 111 Å². The maximum Gasteiger partial charge on any atom is 0.305 e. The summed E-state index contributed by atoms with van der Waals surface area (Å²) in [6.07, 6.45) is 1.55. The van der Waals surface area contributed by atoms with Gasteiger partial charge in [-0.1, -0.05) is 6.92 Å². The molecule has 0 unspecified atom stereocenters. The standard InChI is InChI=1S/C7H12O10/c1-2-7(9)10-5-6-12-14-16-17-15-13-11-4-3-8/h3-4,8H,2,5-6H2,1H3/b4-3+. The highest BCUT2D eigenvalue weighted by Gasteiger charge is 1.98. The third-order valence-electron chi connectivity index (χ3n) is 1.03. The normalized spacial score (nSPS) is 10.6. The molecule has 100 valence electrons. The zero-order valence-electron chi connectivity index (χ0n) is 8.90. The summed E-state index contributed by atoms with van der Waals surface area (Å²) in [5, 5.41) is 26.9. The minimum atomic E-state index is -0.364. The van der Waals surface area contributed by atoms with Gasteiger partial charge in [-0.3, -0.25) is 4.79 Å². The fourth-order valence-electron chi connectivity index (χ4n) is 0.443. The van der Waals surface area contributed by atoms with Crippen molar-refractivity contribution in [1.29, 1.82) is 0 Å². The minimum absolute atomic E-state index is 0.00219. The summed E-state index contributed by atoms with van der Waals surface area (Å²) in [5.41, 5.74) is 0. The molecule has 0 aliphatic rings. The van der Waals surface area contributed by atoms with E-state index in [1.165, 1.54) is 0 Å². The summed E-state index contributed by atoms with van der Waals surface area (Å²) in [4.78, 5) is 18.9. The van der Waals surface area contributed by atoms with Crippen LogP contribution in [-0.4, -0.2) is 24.3 Å². The molecule has 0 radical (unpaired) electrons. The van der Waals surface area contributed by atoms with Crippen molar-refractivity contribution in [3.63, 3.8) is 0 Å². The Morgan fingerprint density at radius 2 is 1.82 bits per heavy atom. The highest BCUT2D eigenvalue weighted by Crippen LogP contribution is 1.90. The Bertz CT molecular complexity index is 205. The lowest BCUT2D eigenvalue weighted by atomic mass is 10.5. The number of aliphatic hydroxyl groups is 1. The van der Waals surface area contributed by atoms with Gasteiger partial charge in [-0.05, 0) is 10.1 Å². The Hall–Kier alpha value is -1.43. The molecular formula is C7H12O10. The second kappa shape index (κ2) is 12.6. The molecule has 0 atom stereocenters. The molecule has 0 aromatic heterocycles.